The molecule has 1 aliphatic rings. The van der Waals surface area contributed by atoms with E-state index in [1.807, 2.05) is 31.2 Å². The third-order valence-electron chi connectivity index (χ3n) is 3.50. The van der Waals surface area contributed by atoms with Gasteiger partial charge in [-0.2, -0.15) is 0 Å². The van der Waals surface area contributed by atoms with E-state index in [0.717, 1.165) is 16.0 Å². The molecule has 0 radical (unpaired) electrons. The van der Waals surface area contributed by atoms with Gasteiger partial charge < -0.3 is 0 Å². The van der Waals surface area contributed by atoms with Crippen LogP contribution in [0.15, 0.2) is 48.5 Å². The van der Waals surface area contributed by atoms with Crippen molar-refractivity contribution in [2.75, 3.05) is 0 Å². The Bertz CT molecular complexity index is 676. The smallest absolute Gasteiger partial charge is 0.263 e. The monoisotopic (exact) mass is 285 g/mol. The van der Waals surface area contributed by atoms with Crippen molar-refractivity contribution in [3.8, 4) is 0 Å². The lowest BCUT2D eigenvalue weighted by Gasteiger charge is -2.22. The summed E-state index contributed by atoms with van der Waals surface area (Å²) in [5.74, 6) is -0.678. The Labute approximate surface area is 121 Å². The SMILES string of the molecule is Cc1ccccc1C(Cl)N1C(=O)c2ccccc2C1=O. The van der Waals surface area contributed by atoms with Crippen molar-refractivity contribution < 1.29 is 9.59 Å². The molecule has 0 aliphatic carbocycles. The Kier molecular flexibility index (Phi) is 3.07. The number of alkyl halides is 1. The Balaban J connectivity index is 2.03. The van der Waals surface area contributed by atoms with Gasteiger partial charge in [-0.15, -0.1) is 0 Å². The number of hydrogen-bond acceptors (Lipinski definition) is 2. The number of amides is 2. The van der Waals surface area contributed by atoms with Gasteiger partial charge in [0.25, 0.3) is 11.8 Å². The molecule has 1 atom stereocenters. The molecular weight excluding hydrogens is 274 g/mol. The van der Waals surface area contributed by atoms with Crippen molar-refractivity contribution in [3.05, 3.63) is 70.8 Å². The second-order valence-corrected chi connectivity index (χ2v) is 5.13. The fourth-order valence-electron chi connectivity index (χ4n) is 2.41. The summed E-state index contributed by atoms with van der Waals surface area (Å²) in [5.41, 5.74) is 1.75. The van der Waals surface area contributed by atoms with Crippen LogP contribution < -0.4 is 0 Å². The highest BCUT2D eigenvalue weighted by Crippen LogP contribution is 2.34. The molecule has 0 N–H and O–H groups in total. The largest absolute Gasteiger partial charge is 0.269 e. The van der Waals surface area contributed by atoms with Crippen LogP contribution in [-0.4, -0.2) is 16.7 Å². The molecule has 2 aromatic carbocycles. The highest BCUT2D eigenvalue weighted by Gasteiger charge is 2.39. The molecule has 0 spiro atoms. The minimum atomic E-state index is -0.788. The second kappa shape index (κ2) is 4.76. The van der Waals surface area contributed by atoms with Crippen LogP contribution >= 0.6 is 11.6 Å². The fourth-order valence-corrected chi connectivity index (χ4v) is 2.83. The van der Waals surface area contributed by atoms with E-state index in [1.165, 1.54) is 0 Å². The summed E-state index contributed by atoms with van der Waals surface area (Å²) in [5, 5.41) is 0. The summed E-state index contributed by atoms with van der Waals surface area (Å²) in [6.07, 6.45) is 0. The van der Waals surface area contributed by atoms with E-state index in [1.54, 1.807) is 24.3 Å². The van der Waals surface area contributed by atoms with E-state index >= 15 is 0 Å². The van der Waals surface area contributed by atoms with Crippen LogP contribution in [0, 0.1) is 6.92 Å². The number of rotatable bonds is 2. The summed E-state index contributed by atoms with van der Waals surface area (Å²) >= 11 is 6.38. The van der Waals surface area contributed by atoms with E-state index in [9.17, 15) is 9.59 Å². The van der Waals surface area contributed by atoms with Gasteiger partial charge >= 0.3 is 0 Å². The van der Waals surface area contributed by atoms with E-state index in [4.69, 9.17) is 11.6 Å². The van der Waals surface area contributed by atoms with Gasteiger partial charge in [-0.25, -0.2) is 0 Å². The summed E-state index contributed by atoms with van der Waals surface area (Å²) in [6.45, 7) is 1.91. The lowest BCUT2D eigenvalue weighted by Crippen LogP contribution is -2.31. The average molecular weight is 286 g/mol. The number of aryl methyl sites for hydroxylation is 1. The van der Waals surface area contributed by atoms with Crippen molar-refractivity contribution in [1.29, 1.82) is 0 Å². The lowest BCUT2D eigenvalue weighted by molar-refractivity contribution is 0.0632. The molecule has 2 aromatic rings. The van der Waals surface area contributed by atoms with Crippen molar-refractivity contribution in [3.63, 3.8) is 0 Å². The molecular formula is C16H12ClNO2. The van der Waals surface area contributed by atoms with Gasteiger partial charge in [0.05, 0.1) is 11.1 Å². The van der Waals surface area contributed by atoms with E-state index in [2.05, 4.69) is 0 Å². The van der Waals surface area contributed by atoms with E-state index in [-0.39, 0.29) is 11.8 Å². The molecule has 0 saturated heterocycles. The second-order valence-electron chi connectivity index (χ2n) is 4.72. The molecule has 1 unspecified atom stereocenters. The van der Waals surface area contributed by atoms with Gasteiger partial charge in [0, 0.05) is 0 Å². The molecule has 4 heteroatoms. The van der Waals surface area contributed by atoms with Crippen LogP contribution in [0.5, 0.6) is 0 Å². The van der Waals surface area contributed by atoms with E-state index < -0.39 is 5.50 Å². The van der Waals surface area contributed by atoms with Crippen molar-refractivity contribution in [1.82, 2.24) is 4.90 Å². The number of halogens is 1. The van der Waals surface area contributed by atoms with Gasteiger partial charge in [0.15, 0.2) is 0 Å². The Morgan fingerprint density at radius 1 is 0.900 bits per heavy atom. The standard InChI is InChI=1S/C16H12ClNO2/c1-10-6-2-3-7-11(10)14(17)18-15(19)12-8-4-5-9-13(12)16(18)20/h2-9,14H,1H3. The molecule has 2 amide bonds. The van der Waals surface area contributed by atoms with Crippen molar-refractivity contribution >= 4 is 23.4 Å². The van der Waals surface area contributed by atoms with Gasteiger partial charge in [-0.1, -0.05) is 48.0 Å². The molecule has 0 fully saturated rings. The number of hydrogen-bond donors (Lipinski definition) is 0. The number of benzene rings is 2. The minimum Gasteiger partial charge on any atom is -0.269 e. The fraction of sp³-hybridized carbons (Fsp3) is 0.125. The van der Waals surface area contributed by atoms with Gasteiger partial charge in [0.1, 0.15) is 5.50 Å². The topological polar surface area (TPSA) is 37.4 Å². The lowest BCUT2D eigenvalue weighted by atomic mass is 10.1. The van der Waals surface area contributed by atoms with Gasteiger partial charge in [-0.3, -0.25) is 14.5 Å². The number of imide groups is 1. The van der Waals surface area contributed by atoms with Gasteiger partial charge in [-0.05, 0) is 30.2 Å². The van der Waals surface area contributed by atoms with Crippen molar-refractivity contribution in [2.24, 2.45) is 0 Å². The van der Waals surface area contributed by atoms with Crippen LogP contribution in [0.25, 0.3) is 0 Å². The summed E-state index contributed by atoms with van der Waals surface area (Å²) in [7, 11) is 0. The molecule has 3 nitrogen and oxygen atoms in total. The Morgan fingerprint density at radius 3 is 1.95 bits per heavy atom. The number of carbonyl (C=O) groups excluding carboxylic acids is 2. The first-order valence-corrected chi connectivity index (χ1v) is 6.71. The molecule has 20 heavy (non-hydrogen) atoms. The van der Waals surface area contributed by atoms with E-state index in [0.29, 0.717) is 11.1 Å². The summed E-state index contributed by atoms with van der Waals surface area (Å²) in [4.78, 5) is 25.8. The summed E-state index contributed by atoms with van der Waals surface area (Å²) < 4.78 is 0. The zero-order valence-electron chi connectivity index (χ0n) is 10.8. The van der Waals surface area contributed by atoms with Crippen LogP contribution in [0.4, 0.5) is 0 Å². The van der Waals surface area contributed by atoms with Crippen LogP contribution in [-0.2, 0) is 0 Å². The minimum absolute atomic E-state index is 0.339. The molecule has 0 bridgehead atoms. The molecule has 100 valence electrons. The van der Waals surface area contributed by atoms with Crippen LogP contribution in [0.1, 0.15) is 37.3 Å². The van der Waals surface area contributed by atoms with Crippen molar-refractivity contribution in [2.45, 2.75) is 12.4 Å². The highest BCUT2D eigenvalue weighted by molar-refractivity contribution is 6.29. The predicted octanol–water partition coefficient (Wildman–Crippen LogP) is 3.53. The van der Waals surface area contributed by atoms with Gasteiger partial charge in [0.2, 0.25) is 0 Å². The third-order valence-corrected chi connectivity index (χ3v) is 3.93. The maximum Gasteiger partial charge on any atom is 0.263 e. The Morgan fingerprint density at radius 2 is 1.40 bits per heavy atom. The highest BCUT2D eigenvalue weighted by atomic mass is 35.5. The quantitative estimate of drug-likeness (QED) is 0.481. The zero-order valence-corrected chi connectivity index (χ0v) is 11.6. The Hall–Kier alpha value is -2.13. The molecule has 0 aromatic heterocycles. The molecule has 0 saturated carbocycles. The first-order chi connectivity index (χ1) is 9.61. The molecule has 1 aliphatic heterocycles. The number of fused-ring (bicyclic) bond motifs is 1. The maximum atomic E-state index is 12.4. The zero-order chi connectivity index (χ0) is 14.3. The van der Waals surface area contributed by atoms with Crippen LogP contribution in [0.2, 0.25) is 0 Å². The van der Waals surface area contributed by atoms with Crippen LogP contribution in [0.3, 0.4) is 0 Å². The summed E-state index contributed by atoms with van der Waals surface area (Å²) in [6, 6.07) is 14.3. The maximum absolute atomic E-state index is 12.4. The first kappa shape index (κ1) is 12.9. The predicted molar refractivity (Wildman–Crippen MR) is 76.7 cm³/mol. The molecule has 1 heterocycles. The number of nitrogens with zero attached hydrogens (tertiary/aromatic N) is 1. The number of carbonyl (C=O) groups is 2. The third kappa shape index (κ3) is 1.82. The first-order valence-electron chi connectivity index (χ1n) is 6.28. The normalized spacial score (nSPS) is 15.4. The average Bonchev–Trinajstić information content (AvgIpc) is 2.71. The molecule has 3 rings (SSSR count).